The summed E-state index contributed by atoms with van der Waals surface area (Å²) in [5.41, 5.74) is 2.15. The molecule has 3 aromatic rings. The van der Waals surface area contributed by atoms with Crippen LogP contribution in [0.4, 0.5) is 0 Å². The van der Waals surface area contributed by atoms with Crippen molar-refractivity contribution in [2.24, 2.45) is 0 Å². The molecule has 0 saturated carbocycles. The van der Waals surface area contributed by atoms with Crippen molar-refractivity contribution >= 4 is 28.0 Å². The van der Waals surface area contributed by atoms with E-state index in [2.05, 4.69) is 35.6 Å². The molecular weight excluding hydrogens is 266 g/mol. The van der Waals surface area contributed by atoms with Gasteiger partial charge in [0.05, 0.1) is 4.88 Å². The number of aryl methyl sites for hydroxylation is 1. The number of nitrogens with one attached hydrogen (secondary N) is 1. The van der Waals surface area contributed by atoms with E-state index in [1.54, 1.807) is 0 Å². The predicted molar refractivity (Wildman–Crippen MR) is 84.2 cm³/mol. The van der Waals surface area contributed by atoms with Crippen molar-refractivity contribution in [3.8, 4) is 0 Å². The number of fused-ring (bicyclic) bond motifs is 1. The molecule has 1 aromatic heterocycles. The summed E-state index contributed by atoms with van der Waals surface area (Å²) in [5, 5.41) is 7.34. The first-order valence-electron chi connectivity index (χ1n) is 6.54. The van der Waals surface area contributed by atoms with Crippen molar-refractivity contribution in [2.75, 3.05) is 0 Å². The molecule has 1 N–H and O–H groups in total. The minimum atomic E-state index is 0.00524. The van der Waals surface area contributed by atoms with Crippen LogP contribution >= 0.6 is 11.3 Å². The molecule has 100 valence electrons. The highest BCUT2D eigenvalue weighted by Crippen LogP contribution is 2.17. The first-order valence-corrected chi connectivity index (χ1v) is 7.42. The molecule has 2 nitrogen and oxygen atoms in total. The summed E-state index contributed by atoms with van der Waals surface area (Å²) in [6, 6.07) is 16.5. The fourth-order valence-corrected chi connectivity index (χ4v) is 3.06. The molecule has 0 atom stereocenters. The largest absolute Gasteiger partial charge is 0.347 e. The zero-order valence-electron chi connectivity index (χ0n) is 11.2. The Morgan fingerprint density at radius 2 is 1.90 bits per heavy atom. The van der Waals surface area contributed by atoms with Crippen molar-refractivity contribution < 1.29 is 4.79 Å². The normalized spacial score (nSPS) is 10.7. The number of benzene rings is 2. The fourth-order valence-electron chi connectivity index (χ4n) is 2.22. The Bertz CT molecular complexity index is 760. The highest BCUT2D eigenvalue weighted by atomic mass is 32.1. The smallest absolute Gasteiger partial charge is 0.261 e. The van der Waals surface area contributed by atoms with E-state index in [1.807, 2.05) is 30.5 Å². The number of amides is 1. The predicted octanol–water partition coefficient (Wildman–Crippen LogP) is 4.14. The minimum Gasteiger partial charge on any atom is -0.347 e. The molecule has 3 heteroatoms. The summed E-state index contributed by atoms with van der Waals surface area (Å²) in [6.07, 6.45) is 0. The SMILES string of the molecule is Cc1ccsc1C(=O)NCc1ccc2ccccc2c1. The van der Waals surface area contributed by atoms with Crippen molar-refractivity contribution in [3.63, 3.8) is 0 Å². The van der Waals surface area contributed by atoms with Gasteiger partial charge < -0.3 is 5.32 Å². The van der Waals surface area contributed by atoms with Gasteiger partial charge in [0, 0.05) is 6.54 Å². The molecule has 0 unspecified atom stereocenters. The highest BCUT2D eigenvalue weighted by molar-refractivity contribution is 7.12. The third kappa shape index (κ3) is 2.58. The number of hydrogen-bond donors (Lipinski definition) is 1. The van der Waals surface area contributed by atoms with Gasteiger partial charge in [-0.1, -0.05) is 36.4 Å². The zero-order valence-corrected chi connectivity index (χ0v) is 12.0. The molecule has 0 aliphatic heterocycles. The van der Waals surface area contributed by atoms with Crippen LogP contribution in [0.25, 0.3) is 10.8 Å². The van der Waals surface area contributed by atoms with Gasteiger partial charge in [0.25, 0.3) is 5.91 Å². The monoisotopic (exact) mass is 281 g/mol. The number of hydrogen-bond acceptors (Lipinski definition) is 2. The quantitative estimate of drug-likeness (QED) is 0.768. The van der Waals surface area contributed by atoms with E-state index in [0.717, 1.165) is 16.0 Å². The van der Waals surface area contributed by atoms with Gasteiger partial charge in [-0.25, -0.2) is 0 Å². The van der Waals surface area contributed by atoms with E-state index in [4.69, 9.17) is 0 Å². The van der Waals surface area contributed by atoms with Crippen LogP contribution < -0.4 is 5.32 Å². The maximum absolute atomic E-state index is 12.1. The lowest BCUT2D eigenvalue weighted by Gasteiger charge is -2.06. The van der Waals surface area contributed by atoms with Gasteiger partial charge in [-0.05, 0) is 46.3 Å². The van der Waals surface area contributed by atoms with Crippen molar-refractivity contribution in [2.45, 2.75) is 13.5 Å². The van der Waals surface area contributed by atoms with Gasteiger partial charge in [-0.3, -0.25) is 4.79 Å². The van der Waals surface area contributed by atoms with Crippen LogP contribution in [0, 0.1) is 6.92 Å². The summed E-state index contributed by atoms with van der Waals surface area (Å²) in [7, 11) is 0. The van der Waals surface area contributed by atoms with E-state index in [1.165, 1.54) is 22.1 Å². The van der Waals surface area contributed by atoms with Crippen LogP contribution in [-0.2, 0) is 6.54 Å². The lowest BCUT2D eigenvalue weighted by Crippen LogP contribution is -2.22. The molecule has 0 spiro atoms. The maximum atomic E-state index is 12.1. The minimum absolute atomic E-state index is 0.00524. The van der Waals surface area contributed by atoms with Gasteiger partial charge in [0.15, 0.2) is 0 Å². The van der Waals surface area contributed by atoms with E-state index < -0.39 is 0 Å². The van der Waals surface area contributed by atoms with E-state index in [-0.39, 0.29) is 5.91 Å². The lowest BCUT2D eigenvalue weighted by atomic mass is 10.1. The average molecular weight is 281 g/mol. The van der Waals surface area contributed by atoms with Crippen LogP contribution in [-0.4, -0.2) is 5.91 Å². The first-order chi connectivity index (χ1) is 9.74. The molecule has 0 saturated heterocycles. The third-order valence-electron chi connectivity index (χ3n) is 3.34. The fraction of sp³-hybridized carbons (Fsp3) is 0.118. The number of carbonyl (C=O) groups excluding carboxylic acids is 1. The first kappa shape index (κ1) is 12.9. The van der Waals surface area contributed by atoms with Crippen molar-refractivity contribution in [1.82, 2.24) is 5.32 Å². The molecule has 2 aromatic carbocycles. The molecule has 1 amide bonds. The molecule has 0 aliphatic carbocycles. The summed E-state index contributed by atoms with van der Waals surface area (Å²) in [6.45, 7) is 2.52. The van der Waals surface area contributed by atoms with Crippen LogP contribution in [0.5, 0.6) is 0 Å². The maximum Gasteiger partial charge on any atom is 0.261 e. The van der Waals surface area contributed by atoms with Crippen LogP contribution in [0.3, 0.4) is 0 Å². The molecule has 20 heavy (non-hydrogen) atoms. The molecular formula is C17H15NOS. The second-order valence-corrected chi connectivity index (χ2v) is 5.71. The molecule has 0 radical (unpaired) electrons. The van der Waals surface area contributed by atoms with Gasteiger partial charge in [0.2, 0.25) is 0 Å². The molecule has 3 rings (SSSR count). The summed E-state index contributed by atoms with van der Waals surface area (Å²) >= 11 is 1.48. The zero-order chi connectivity index (χ0) is 13.9. The van der Waals surface area contributed by atoms with E-state index in [0.29, 0.717) is 6.54 Å². The second-order valence-electron chi connectivity index (χ2n) is 4.80. The number of thiophene rings is 1. The van der Waals surface area contributed by atoms with E-state index >= 15 is 0 Å². The Labute approximate surface area is 122 Å². The van der Waals surface area contributed by atoms with Crippen molar-refractivity contribution in [1.29, 1.82) is 0 Å². The standard InChI is InChI=1S/C17H15NOS/c1-12-8-9-20-16(12)17(19)18-11-13-6-7-14-4-2-3-5-15(14)10-13/h2-10H,11H2,1H3,(H,18,19). The van der Waals surface area contributed by atoms with Gasteiger partial charge in [-0.2, -0.15) is 0 Å². The van der Waals surface area contributed by atoms with Gasteiger partial charge in [-0.15, -0.1) is 11.3 Å². The molecule has 1 heterocycles. The van der Waals surface area contributed by atoms with Crippen LogP contribution in [0.15, 0.2) is 53.9 Å². The molecule has 0 aliphatic rings. The topological polar surface area (TPSA) is 29.1 Å². The summed E-state index contributed by atoms with van der Waals surface area (Å²) in [5.74, 6) is 0.00524. The van der Waals surface area contributed by atoms with Gasteiger partial charge >= 0.3 is 0 Å². The molecule has 0 fully saturated rings. The number of carbonyl (C=O) groups is 1. The number of rotatable bonds is 3. The highest BCUT2D eigenvalue weighted by Gasteiger charge is 2.09. The average Bonchev–Trinajstić information content (AvgIpc) is 2.91. The Morgan fingerprint density at radius 1 is 1.10 bits per heavy atom. The second kappa shape index (κ2) is 5.47. The lowest BCUT2D eigenvalue weighted by molar-refractivity contribution is 0.0954. The Kier molecular flexibility index (Phi) is 3.52. The van der Waals surface area contributed by atoms with Crippen LogP contribution in [0.1, 0.15) is 20.8 Å². The Hall–Kier alpha value is -2.13. The Balaban J connectivity index is 1.74. The molecule has 0 bridgehead atoms. The van der Waals surface area contributed by atoms with E-state index in [9.17, 15) is 4.79 Å². The Morgan fingerprint density at radius 3 is 2.65 bits per heavy atom. The summed E-state index contributed by atoms with van der Waals surface area (Å²) < 4.78 is 0. The van der Waals surface area contributed by atoms with Gasteiger partial charge in [0.1, 0.15) is 0 Å². The van der Waals surface area contributed by atoms with Crippen molar-refractivity contribution in [3.05, 3.63) is 69.9 Å². The summed E-state index contributed by atoms with van der Waals surface area (Å²) in [4.78, 5) is 12.9. The third-order valence-corrected chi connectivity index (χ3v) is 4.35. The van der Waals surface area contributed by atoms with Crippen LogP contribution in [0.2, 0.25) is 0 Å².